The van der Waals surface area contributed by atoms with Crippen LogP contribution in [-0.2, 0) is 0 Å². The predicted molar refractivity (Wildman–Crippen MR) is 104 cm³/mol. The van der Waals surface area contributed by atoms with Crippen molar-refractivity contribution in [3.05, 3.63) is 65.6 Å². The van der Waals surface area contributed by atoms with Crippen LogP contribution in [0.4, 0.5) is 5.69 Å². The Balaban J connectivity index is 2.08. The van der Waals surface area contributed by atoms with Crippen molar-refractivity contribution in [2.45, 2.75) is 37.6 Å². The average Bonchev–Trinajstić information content (AvgIpc) is 3.04. The smallest absolute Gasteiger partial charge is 0.0944 e. The summed E-state index contributed by atoms with van der Waals surface area (Å²) in [5, 5.41) is 9.48. The lowest BCUT2D eigenvalue weighted by molar-refractivity contribution is 0.548. The van der Waals surface area contributed by atoms with Gasteiger partial charge in [0.25, 0.3) is 0 Å². The second-order valence-corrected chi connectivity index (χ2v) is 8.30. The molecule has 0 radical (unpaired) electrons. The van der Waals surface area contributed by atoms with E-state index in [1.807, 2.05) is 18.3 Å². The van der Waals surface area contributed by atoms with Crippen molar-refractivity contribution >= 4 is 27.5 Å². The van der Waals surface area contributed by atoms with Gasteiger partial charge in [0, 0.05) is 22.0 Å². The van der Waals surface area contributed by atoms with Gasteiger partial charge in [-0.05, 0) is 60.9 Å². The normalized spacial score (nSPS) is 18.9. The number of rotatable bonds is 5. The number of thiol groups is 1. The lowest BCUT2D eigenvalue weighted by Gasteiger charge is -2.27. The molecule has 3 heteroatoms. The Bertz CT molecular complexity index is 802. The third-order valence-electron chi connectivity index (χ3n) is 4.33. The molecule has 1 aromatic carbocycles. The Kier molecular flexibility index (Phi) is 4.31. The molecule has 1 atom stereocenters. The van der Waals surface area contributed by atoms with Crippen LogP contribution in [-0.4, -0.2) is 10.5 Å². The van der Waals surface area contributed by atoms with Gasteiger partial charge in [0.1, 0.15) is 0 Å². The Labute approximate surface area is 141 Å². The Morgan fingerprint density at radius 3 is 2.83 bits per heavy atom. The van der Waals surface area contributed by atoms with Crippen molar-refractivity contribution in [2.75, 3.05) is 5.32 Å². The van der Waals surface area contributed by atoms with Gasteiger partial charge in [-0.1, -0.05) is 25.6 Å². The number of allylic oxidation sites excluding steroid dienone is 3. The number of benzene rings is 1. The zero-order chi connectivity index (χ0) is 16.4. The molecule has 2 nitrogen and oxygen atoms in total. The first-order chi connectivity index (χ1) is 11.0. The number of fused-ring (bicyclic) bond motifs is 1. The zero-order valence-electron chi connectivity index (χ0n) is 14.0. The third kappa shape index (κ3) is 3.20. The van der Waals surface area contributed by atoms with Crippen LogP contribution in [0.2, 0.25) is 0 Å². The number of hydrogen-bond acceptors (Lipinski definition) is 2. The van der Waals surface area contributed by atoms with Crippen LogP contribution in [0.1, 0.15) is 27.2 Å². The first-order valence-electron chi connectivity index (χ1n) is 8.01. The van der Waals surface area contributed by atoms with E-state index in [1.54, 1.807) is 0 Å². The molecule has 120 valence electrons. The molecular weight excluding hydrogens is 300 g/mol. The summed E-state index contributed by atoms with van der Waals surface area (Å²) < 4.78 is 0. The van der Waals surface area contributed by atoms with Crippen molar-refractivity contribution in [1.29, 1.82) is 0 Å². The van der Waals surface area contributed by atoms with Gasteiger partial charge in [0.15, 0.2) is 0 Å². The minimum atomic E-state index is -0.416. The van der Waals surface area contributed by atoms with E-state index in [9.17, 15) is 0 Å². The summed E-state index contributed by atoms with van der Waals surface area (Å²) >= 11 is 0. The van der Waals surface area contributed by atoms with Gasteiger partial charge in [0.05, 0.1) is 11.2 Å². The quantitative estimate of drug-likeness (QED) is 0.680. The summed E-state index contributed by atoms with van der Waals surface area (Å²) in [5.74, 6) is 0. The number of hydrogen-bond donors (Lipinski definition) is 2. The molecule has 0 fully saturated rings. The molecule has 0 saturated heterocycles. The second-order valence-electron chi connectivity index (χ2n) is 6.45. The summed E-state index contributed by atoms with van der Waals surface area (Å²) in [7, 11) is -0.416. The fourth-order valence-electron chi connectivity index (χ4n) is 2.62. The van der Waals surface area contributed by atoms with E-state index in [2.05, 4.69) is 72.7 Å². The summed E-state index contributed by atoms with van der Waals surface area (Å²) in [4.78, 5) is 6.01. The largest absolute Gasteiger partial charge is 0.378 e. The van der Waals surface area contributed by atoms with E-state index in [0.29, 0.717) is 0 Å². The van der Waals surface area contributed by atoms with Gasteiger partial charge in [-0.2, -0.15) is 10.9 Å². The first kappa shape index (κ1) is 15.9. The van der Waals surface area contributed by atoms with Crippen LogP contribution in [0.25, 0.3) is 10.9 Å². The molecule has 2 aromatic rings. The molecule has 0 amide bonds. The molecule has 3 rings (SSSR count). The lowest BCUT2D eigenvalue weighted by atomic mass is 10.0. The molecule has 1 aliphatic rings. The van der Waals surface area contributed by atoms with E-state index in [4.69, 9.17) is 0 Å². The maximum absolute atomic E-state index is 4.65. The van der Waals surface area contributed by atoms with E-state index < -0.39 is 10.9 Å². The van der Waals surface area contributed by atoms with Gasteiger partial charge < -0.3 is 5.32 Å². The Hall–Kier alpha value is -2.00. The summed E-state index contributed by atoms with van der Waals surface area (Å²) in [6.07, 6.45) is 7.01. The molecule has 1 aromatic heterocycles. The number of nitrogens with zero attached hydrogens (tertiary/aromatic N) is 1. The second kappa shape index (κ2) is 6.25. The highest BCUT2D eigenvalue weighted by Crippen LogP contribution is 2.48. The van der Waals surface area contributed by atoms with Crippen molar-refractivity contribution in [3.8, 4) is 0 Å². The van der Waals surface area contributed by atoms with Gasteiger partial charge in [0.2, 0.25) is 0 Å². The van der Waals surface area contributed by atoms with Crippen LogP contribution in [0.5, 0.6) is 0 Å². The van der Waals surface area contributed by atoms with Crippen LogP contribution >= 0.6 is 10.9 Å². The topological polar surface area (TPSA) is 24.9 Å². The highest BCUT2D eigenvalue weighted by molar-refractivity contribution is 8.22. The molecule has 1 aliphatic heterocycles. The molecule has 0 aliphatic carbocycles. The maximum Gasteiger partial charge on any atom is 0.0944 e. The number of nitrogens with one attached hydrogen (secondary N) is 1. The van der Waals surface area contributed by atoms with Crippen LogP contribution in [0.3, 0.4) is 0 Å². The van der Waals surface area contributed by atoms with Crippen molar-refractivity contribution in [3.63, 3.8) is 0 Å². The standard InChI is InChI=1S/C20H24N2S/c1-5-15-11-13-23(14-15)18-10-9-17(22-20(3,4)6-2)19-16(18)8-7-12-21-19/h5,7-14,22-23H,1,6H2,2-4H3. The number of pyridine rings is 1. The highest BCUT2D eigenvalue weighted by atomic mass is 32.2. The molecule has 0 spiro atoms. The SMILES string of the molecule is C=CC1=C[SH](c2ccc(NC(C)(C)CC)c3ncccc23)C=C1. The highest BCUT2D eigenvalue weighted by Gasteiger charge is 2.18. The summed E-state index contributed by atoms with van der Waals surface area (Å²) in [5.41, 5.74) is 3.44. The van der Waals surface area contributed by atoms with Gasteiger partial charge in [-0.25, -0.2) is 0 Å². The Morgan fingerprint density at radius 2 is 2.13 bits per heavy atom. The molecule has 23 heavy (non-hydrogen) atoms. The number of aromatic nitrogens is 1. The summed E-state index contributed by atoms with van der Waals surface area (Å²) in [6, 6.07) is 8.63. The molecule has 1 N–H and O–H groups in total. The van der Waals surface area contributed by atoms with Crippen LogP contribution < -0.4 is 5.32 Å². The molecular formula is C20H24N2S. The molecule has 1 unspecified atom stereocenters. The minimum absolute atomic E-state index is 0.0560. The predicted octanol–water partition coefficient (Wildman–Crippen LogP) is 5.79. The monoisotopic (exact) mass is 324 g/mol. The molecule has 0 saturated carbocycles. The molecule has 2 heterocycles. The van der Waals surface area contributed by atoms with E-state index in [-0.39, 0.29) is 5.54 Å². The maximum atomic E-state index is 4.65. The fourth-order valence-corrected chi connectivity index (χ4v) is 4.56. The number of anilines is 1. The Morgan fingerprint density at radius 1 is 1.30 bits per heavy atom. The van der Waals surface area contributed by atoms with E-state index >= 15 is 0 Å². The zero-order valence-corrected chi connectivity index (χ0v) is 14.9. The molecule has 0 bridgehead atoms. The van der Waals surface area contributed by atoms with Crippen molar-refractivity contribution < 1.29 is 0 Å². The first-order valence-corrected chi connectivity index (χ1v) is 9.49. The van der Waals surface area contributed by atoms with Gasteiger partial charge >= 0.3 is 0 Å². The third-order valence-corrected chi connectivity index (χ3v) is 6.33. The van der Waals surface area contributed by atoms with Crippen molar-refractivity contribution in [2.24, 2.45) is 0 Å². The van der Waals surface area contributed by atoms with Gasteiger partial charge in [-0.15, -0.1) is 0 Å². The van der Waals surface area contributed by atoms with Gasteiger partial charge in [-0.3, -0.25) is 4.98 Å². The lowest BCUT2D eigenvalue weighted by Crippen LogP contribution is -2.29. The van der Waals surface area contributed by atoms with Crippen LogP contribution in [0, 0.1) is 0 Å². The van der Waals surface area contributed by atoms with Crippen molar-refractivity contribution in [1.82, 2.24) is 4.98 Å². The van der Waals surface area contributed by atoms with E-state index in [0.717, 1.165) is 17.6 Å². The van der Waals surface area contributed by atoms with E-state index in [1.165, 1.54) is 15.9 Å². The minimum Gasteiger partial charge on any atom is -0.378 e. The summed E-state index contributed by atoms with van der Waals surface area (Å²) in [6.45, 7) is 10.5. The average molecular weight is 324 g/mol. The fraction of sp³-hybridized carbons (Fsp3) is 0.250. The van der Waals surface area contributed by atoms with Crippen LogP contribution in [0.15, 0.2) is 70.5 Å².